The fourth-order valence-corrected chi connectivity index (χ4v) is 3.36. The molecule has 1 fully saturated rings. The number of carboxylic acid groups (broad SMARTS) is 1. The molecule has 0 bridgehead atoms. The molecule has 1 amide bonds. The number of hydrogen-bond donors (Lipinski definition) is 1. The quantitative estimate of drug-likeness (QED) is 0.845. The molecule has 0 aromatic carbocycles. The molecule has 5 heteroatoms. The van der Waals surface area contributed by atoms with E-state index in [4.69, 9.17) is 5.11 Å². The number of carbonyl (C=O) groups is 1. The summed E-state index contributed by atoms with van der Waals surface area (Å²) in [6.07, 6.45) is 2.73. The molecule has 1 N–H and O–H groups in total. The predicted molar refractivity (Wildman–Crippen MR) is 79.6 cm³/mol. The van der Waals surface area contributed by atoms with Crippen LogP contribution in [-0.4, -0.2) is 53.7 Å². The molecule has 0 atom stereocenters. The number of rotatable bonds is 2. The van der Waals surface area contributed by atoms with E-state index in [-0.39, 0.29) is 0 Å². The minimum absolute atomic E-state index is 0.398. The third-order valence-corrected chi connectivity index (χ3v) is 5.11. The second-order valence-electron chi connectivity index (χ2n) is 6.40. The van der Waals surface area contributed by atoms with Crippen LogP contribution in [0.1, 0.15) is 33.1 Å². The summed E-state index contributed by atoms with van der Waals surface area (Å²) in [6, 6.07) is 0. The third-order valence-electron chi connectivity index (χ3n) is 4.15. The van der Waals surface area contributed by atoms with Crippen LogP contribution in [0.15, 0.2) is 10.1 Å². The van der Waals surface area contributed by atoms with Crippen molar-refractivity contribution < 1.29 is 9.90 Å². The summed E-state index contributed by atoms with van der Waals surface area (Å²) in [5.41, 5.74) is 1.90. The number of nitrogens with zero attached hydrogens (tertiary/aromatic N) is 2. The summed E-state index contributed by atoms with van der Waals surface area (Å²) in [4.78, 5) is 14.8. The Labute approximate surface area is 123 Å². The van der Waals surface area contributed by atoms with Gasteiger partial charge in [-0.3, -0.25) is 4.90 Å². The van der Waals surface area contributed by atoms with Crippen molar-refractivity contribution in [3.05, 3.63) is 10.1 Å². The van der Waals surface area contributed by atoms with Crippen molar-refractivity contribution in [1.29, 1.82) is 0 Å². The van der Waals surface area contributed by atoms with Crippen LogP contribution < -0.4 is 0 Å². The normalized spacial score (nSPS) is 24.7. The second kappa shape index (κ2) is 5.83. The van der Waals surface area contributed by atoms with E-state index in [2.05, 4.69) is 34.7 Å². The van der Waals surface area contributed by atoms with E-state index in [0.717, 1.165) is 32.5 Å². The van der Waals surface area contributed by atoms with Gasteiger partial charge in [-0.05, 0) is 34.7 Å². The van der Waals surface area contributed by atoms with E-state index >= 15 is 0 Å². The fraction of sp³-hybridized carbons (Fsp3) is 0.786. The van der Waals surface area contributed by atoms with Crippen LogP contribution in [-0.2, 0) is 0 Å². The topological polar surface area (TPSA) is 43.8 Å². The first kappa shape index (κ1) is 14.9. The first-order valence-electron chi connectivity index (χ1n) is 6.94. The van der Waals surface area contributed by atoms with Crippen molar-refractivity contribution in [2.24, 2.45) is 5.41 Å². The standard InChI is InChI=1S/C14H23BrN2O2/c1-14(2)4-3-12(15)11(9-14)10-16-5-7-17(8-6-16)13(18)19/h3-10H2,1-2H3,(H,18,19). The van der Waals surface area contributed by atoms with Crippen LogP contribution in [0, 0.1) is 5.41 Å². The van der Waals surface area contributed by atoms with Gasteiger partial charge in [-0.25, -0.2) is 4.79 Å². The van der Waals surface area contributed by atoms with E-state index in [9.17, 15) is 4.79 Å². The zero-order valence-electron chi connectivity index (χ0n) is 11.8. The van der Waals surface area contributed by atoms with Crippen molar-refractivity contribution in [3.8, 4) is 0 Å². The number of allylic oxidation sites excluding steroid dienone is 1. The molecule has 1 heterocycles. The van der Waals surface area contributed by atoms with Gasteiger partial charge in [-0.15, -0.1) is 0 Å². The summed E-state index contributed by atoms with van der Waals surface area (Å²) in [6.45, 7) is 8.58. The molecule has 2 rings (SSSR count). The van der Waals surface area contributed by atoms with Crippen molar-refractivity contribution in [1.82, 2.24) is 9.80 Å². The molecule has 1 saturated heterocycles. The van der Waals surface area contributed by atoms with Crippen LogP contribution in [0.3, 0.4) is 0 Å². The zero-order valence-corrected chi connectivity index (χ0v) is 13.4. The summed E-state index contributed by atoms with van der Waals surface area (Å²) >= 11 is 3.72. The number of halogens is 1. The highest BCUT2D eigenvalue weighted by Crippen LogP contribution is 2.40. The highest BCUT2D eigenvalue weighted by molar-refractivity contribution is 9.11. The highest BCUT2D eigenvalue weighted by Gasteiger charge is 2.28. The molecule has 0 aromatic rings. The summed E-state index contributed by atoms with van der Waals surface area (Å²) in [5.74, 6) is 0. The van der Waals surface area contributed by atoms with E-state index in [1.54, 1.807) is 0 Å². The van der Waals surface area contributed by atoms with Crippen molar-refractivity contribution in [2.45, 2.75) is 33.1 Å². The maximum absolute atomic E-state index is 10.9. The first-order valence-corrected chi connectivity index (χ1v) is 7.73. The van der Waals surface area contributed by atoms with Crippen LogP contribution in [0.4, 0.5) is 4.79 Å². The molecule has 0 unspecified atom stereocenters. The lowest BCUT2D eigenvalue weighted by molar-refractivity contribution is 0.108. The Morgan fingerprint density at radius 2 is 1.95 bits per heavy atom. The lowest BCUT2D eigenvalue weighted by Gasteiger charge is -2.37. The summed E-state index contributed by atoms with van der Waals surface area (Å²) < 4.78 is 1.37. The van der Waals surface area contributed by atoms with Gasteiger partial charge < -0.3 is 10.0 Å². The predicted octanol–water partition coefficient (Wildman–Crippen LogP) is 3.14. The molecule has 0 saturated carbocycles. The average molecular weight is 331 g/mol. The van der Waals surface area contributed by atoms with Crippen LogP contribution >= 0.6 is 15.9 Å². The molecule has 4 nitrogen and oxygen atoms in total. The molecule has 0 spiro atoms. The third kappa shape index (κ3) is 3.96. The van der Waals surface area contributed by atoms with Crippen molar-refractivity contribution in [3.63, 3.8) is 0 Å². The average Bonchev–Trinajstić information content (AvgIpc) is 2.34. The Morgan fingerprint density at radius 3 is 2.53 bits per heavy atom. The summed E-state index contributed by atoms with van der Waals surface area (Å²) in [5, 5.41) is 8.95. The minimum Gasteiger partial charge on any atom is -0.465 e. The van der Waals surface area contributed by atoms with Gasteiger partial charge in [0.25, 0.3) is 0 Å². The molecule has 0 aromatic heterocycles. The Kier molecular flexibility index (Phi) is 4.56. The van der Waals surface area contributed by atoms with Gasteiger partial charge in [0.2, 0.25) is 0 Å². The van der Waals surface area contributed by atoms with Crippen molar-refractivity contribution in [2.75, 3.05) is 32.7 Å². The molecular formula is C14H23BrN2O2. The number of amides is 1. The van der Waals surface area contributed by atoms with Gasteiger partial charge >= 0.3 is 6.09 Å². The van der Waals surface area contributed by atoms with Crippen LogP contribution in [0.5, 0.6) is 0 Å². The monoisotopic (exact) mass is 330 g/mol. The Hall–Kier alpha value is -0.550. The maximum atomic E-state index is 10.9. The lowest BCUT2D eigenvalue weighted by Crippen LogP contribution is -2.48. The fourth-order valence-electron chi connectivity index (χ4n) is 2.90. The molecule has 108 valence electrons. The van der Waals surface area contributed by atoms with E-state index in [0.29, 0.717) is 18.5 Å². The molecule has 19 heavy (non-hydrogen) atoms. The second-order valence-corrected chi connectivity index (χ2v) is 7.35. The van der Waals surface area contributed by atoms with Gasteiger partial charge in [-0.2, -0.15) is 0 Å². The van der Waals surface area contributed by atoms with Crippen LogP contribution in [0.25, 0.3) is 0 Å². The minimum atomic E-state index is -0.793. The molecule has 0 radical (unpaired) electrons. The molecule has 1 aliphatic heterocycles. The van der Waals surface area contributed by atoms with Crippen LogP contribution in [0.2, 0.25) is 0 Å². The van der Waals surface area contributed by atoms with E-state index < -0.39 is 6.09 Å². The van der Waals surface area contributed by atoms with Gasteiger partial charge in [0.05, 0.1) is 0 Å². The Balaban J connectivity index is 1.90. The lowest BCUT2D eigenvalue weighted by atomic mass is 9.77. The van der Waals surface area contributed by atoms with Crippen molar-refractivity contribution >= 4 is 22.0 Å². The maximum Gasteiger partial charge on any atom is 0.407 e. The Morgan fingerprint density at radius 1 is 1.32 bits per heavy atom. The van der Waals surface area contributed by atoms with Gasteiger partial charge in [-0.1, -0.05) is 29.8 Å². The number of hydrogen-bond acceptors (Lipinski definition) is 2. The number of piperazine rings is 1. The zero-order chi connectivity index (χ0) is 14.0. The van der Waals surface area contributed by atoms with E-state index in [1.165, 1.54) is 21.4 Å². The summed E-state index contributed by atoms with van der Waals surface area (Å²) in [7, 11) is 0. The SMILES string of the molecule is CC1(C)CCC(Br)=C(CN2CCN(C(=O)O)CC2)C1. The smallest absolute Gasteiger partial charge is 0.407 e. The molecule has 1 aliphatic carbocycles. The van der Waals surface area contributed by atoms with Gasteiger partial charge in [0.15, 0.2) is 0 Å². The molecular weight excluding hydrogens is 308 g/mol. The van der Waals surface area contributed by atoms with Gasteiger partial charge in [0.1, 0.15) is 0 Å². The largest absolute Gasteiger partial charge is 0.465 e. The first-order chi connectivity index (χ1) is 8.87. The van der Waals surface area contributed by atoms with E-state index in [1.807, 2.05) is 0 Å². The Bertz CT molecular complexity index is 385. The molecule has 2 aliphatic rings. The highest BCUT2D eigenvalue weighted by atomic mass is 79.9. The van der Waals surface area contributed by atoms with Gasteiger partial charge in [0, 0.05) is 32.7 Å².